The largest absolute Gasteiger partial charge is 0.382 e. The average Bonchev–Trinajstić information content (AvgIpc) is 2.85. The topological polar surface area (TPSA) is 59.6 Å². The first-order valence-electron chi connectivity index (χ1n) is 6.49. The molecule has 2 atom stereocenters. The molecular weight excluding hydrogens is 222 g/mol. The molecule has 92 valence electrons. The molecule has 0 aliphatic heterocycles. The molecule has 1 aromatic carbocycles. The third-order valence-electron chi connectivity index (χ3n) is 3.80. The third-order valence-corrected chi connectivity index (χ3v) is 3.80. The van der Waals surface area contributed by atoms with Gasteiger partial charge in [-0.25, -0.2) is 0 Å². The van der Waals surface area contributed by atoms with Crippen molar-refractivity contribution in [3.05, 3.63) is 29.3 Å². The van der Waals surface area contributed by atoms with Crippen LogP contribution in [0, 0.1) is 28.6 Å². The molecule has 0 radical (unpaired) electrons. The first-order chi connectivity index (χ1) is 8.78. The van der Waals surface area contributed by atoms with Gasteiger partial charge in [0, 0.05) is 11.7 Å². The van der Waals surface area contributed by atoms with E-state index >= 15 is 0 Å². The molecule has 2 rings (SSSR count). The van der Waals surface area contributed by atoms with Crippen LogP contribution in [-0.2, 0) is 0 Å². The molecular formula is C15H17N3. The summed E-state index contributed by atoms with van der Waals surface area (Å²) in [6.07, 6.45) is 4.95. The maximum absolute atomic E-state index is 9.00. The highest BCUT2D eigenvalue weighted by Gasteiger charge is 2.25. The minimum absolute atomic E-state index is 0.446. The summed E-state index contributed by atoms with van der Waals surface area (Å²) in [7, 11) is 0. The van der Waals surface area contributed by atoms with Gasteiger partial charge in [0.05, 0.1) is 11.1 Å². The number of benzene rings is 1. The number of hydrogen-bond donors (Lipinski definition) is 1. The van der Waals surface area contributed by atoms with Crippen molar-refractivity contribution in [2.45, 2.75) is 38.6 Å². The van der Waals surface area contributed by atoms with Gasteiger partial charge in [-0.15, -0.1) is 0 Å². The predicted molar refractivity (Wildman–Crippen MR) is 70.9 cm³/mol. The Hall–Kier alpha value is -2.00. The summed E-state index contributed by atoms with van der Waals surface area (Å²) in [4.78, 5) is 0. The van der Waals surface area contributed by atoms with Crippen molar-refractivity contribution in [3.63, 3.8) is 0 Å². The van der Waals surface area contributed by atoms with E-state index < -0.39 is 0 Å². The third kappa shape index (κ3) is 2.46. The van der Waals surface area contributed by atoms with Crippen molar-refractivity contribution >= 4 is 5.69 Å². The summed E-state index contributed by atoms with van der Waals surface area (Å²) in [5, 5.41) is 21.4. The number of rotatable bonds is 3. The van der Waals surface area contributed by atoms with Gasteiger partial charge >= 0.3 is 0 Å². The zero-order chi connectivity index (χ0) is 13.0. The highest BCUT2D eigenvalue weighted by Crippen LogP contribution is 2.31. The van der Waals surface area contributed by atoms with Crippen LogP contribution >= 0.6 is 0 Å². The second-order valence-corrected chi connectivity index (χ2v) is 4.83. The molecule has 3 heteroatoms. The summed E-state index contributed by atoms with van der Waals surface area (Å²) < 4.78 is 0. The molecule has 0 bridgehead atoms. The van der Waals surface area contributed by atoms with Gasteiger partial charge in [-0.1, -0.05) is 19.8 Å². The molecule has 3 nitrogen and oxygen atoms in total. The molecule has 0 saturated heterocycles. The van der Waals surface area contributed by atoms with E-state index in [1.165, 1.54) is 25.7 Å². The predicted octanol–water partition coefficient (Wildman–Crippen LogP) is 3.42. The summed E-state index contributed by atoms with van der Waals surface area (Å²) in [6, 6.07) is 10.0. The number of nitrogens with one attached hydrogen (secondary N) is 1. The Morgan fingerprint density at radius 1 is 1.22 bits per heavy atom. The van der Waals surface area contributed by atoms with E-state index in [-0.39, 0.29) is 0 Å². The lowest BCUT2D eigenvalue weighted by Gasteiger charge is -2.21. The minimum Gasteiger partial charge on any atom is -0.382 e. The molecule has 1 aromatic rings. The molecule has 18 heavy (non-hydrogen) atoms. The van der Waals surface area contributed by atoms with E-state index in [1.54, 1.807) is 12.1 Å². The van der Waals surface area contributed by atoms with E-state index in [0.717, 1.165) is 11.6 Å². The van der Waals surface area contributed by atoms with Crippen LogP contribution < -0.4 is 5.32 Å². The quantitative estimate of drug-likeness (QED) is 0.879. The van der Waals surface area contributed by atoms with Crippen molar-refractivity contribution in [2.24, 2.45) is 5.92 Å². The molecule has 0 aromatic heterocycles. The fraction of sp³-hybridized carbons (Fsp3) is 0.467. The molecule has 0 heterocycles. The zero-order valence-corrected chi connectivity index (χ0v) is 10.6. The first-order valence-corrected chi connectivity index (χ1v) is 6.49. The molecule has 1 aliphatic rings. The Labute approximate surface area is 108 Å². The van der Waals surface area contributed by atoms with Crippen LogP contribution in [0.1, 0.15) is 43.7 Å². The van der Waals surface area contributed by atoms with Crippen molar-refractivity contribution in [2.75, 3.05) is 5.32 Å². The highest BCUT2D eigenvalue weighted by atomic mass is 14.9. The van der Waals surface area contributed by atoms with E-state index in [1.807, 2.05) is 12.1 Å². The fourth-order valence-corrected chi connectivity index (χ4v) is 2.75. The van der Waals surface area contributed by atoms with Gasteiger partial charge in [-0.3, -0.25) is 0 Å². The Bertz CT molecular complexity index is 507. The Kier molecular flexibility index (Phi) is 3.85. The fourth-order valence-electron chi connectivity index (χ4n) is 2.75. The monoisotopic (exact) mass is 239 g/mol. The van der Waals surface area contributed by atoms with Crippen molar-refractivity contribution in [1.29, 1.82) is 10.5 Å². The van der Waals surface area contributed by atoms with Gasteiger partial charge in [0.1, 0.15) is 12.1 Å². The molecule has 1 aliphatic carbocycles. The van der Waals surface area contributed by atoms with Crippen LogP contribution in [0.25, 0.3) is 0 Å². The summed E-state index contributed by atoms with van der Waals surface area (Å²) >= 11 is 0. The second kappa shape index (κ2) is 5.56. The standard InChI is InChI=1S/C15H17N3/c1-2-11-4-3-5-15(11)18-14-7-6-12(9-16)13(8-14)10-17/h6-8,11,15,18H,2-5H2,1H3. The summed E-state index contributed by atoms with van der Waals surface area (Å²) in [5.74, 6) is 0.728. The molecule has 1 N–H and O–H groups in total. The summed E-state index contributed by atoms with van der Waals surface area (Å²) in [5.41, 5.74) is 1.85. The van der Waals surface area contributed by atoms with Crippen LogP contribution in [0.3, 0.4) is 0 Å². The maximum atomic E-state index is 9.00. The minimum atomic E-state index is 0.446. The maximum Gasteiger partial charge on any atom is 0.101 e. The lowest BCUT2D eigenvalue weighted by Crippen LogP contribution is -2.23. The van der Waals surface area contributed by atoms with Crippen molar-refractivity contribution < 1.29 is 0 Å². The van der Waals surface area contributed by atoms with E-state index in [4.69, 9.17) is 10.5 Å². The van der Waals surface area contributed by atoms with Crippen LogP contribution in [0.15, 0.2) is 18.2 Å². The number of nitriles is 2. The smallest absolute Gasteiger partial charge is 0.101 e. The SMILES string of the molecule is CCC1CCCC1Nc1ccc(C#N)c(C#N)c1. The van der Waals surface area contributed by atoms with Crippen LogP contribution in [0.4, 0.5) is 5.69 Å². The van der Waals surface area contributed by atoms with Crippen LogP contribution in [0.5, 0.6) is 0 Å². The Balaban J connectivity index is 2.16. The van der Waals surface area contributed by atoms with Crippen molar-refractivity contribution in [3.8, 4) is 12.1 Å². The highest BCUT2D eigenvalue weighted by molar-refractivity contribution is 5.56. The van der Waals surface area contributed by atoms with Gasteiger partial charge in [0.15, 0.2) is 0 Å². The first kappa shape index (κ1) is 12.5. The molecule has 1 saturated carbocycles. The van der Waals surface area contributed by atoms with Crippen LogP contribution in [-0.4, -0.2) is 6.04 Å². The van der Waals surface area contributed by atoms with E-state index in [9.17, 15) is 0 Å². The lowest BCUT2D eigenvalue weighted by atomic mass is 10.00. The average molecular weight is 239 g/mol. The molecule has 0 spiro atoms. The lowest BCUT2D eigenvalue weighted by molar-refractivity contribution is 0.489. The van der Waals surface area contributed by atoms with Gasteiger partial charge in [-0.05, 0) is 37.0 Å². The number of hydrogen-bond acceptors (Lipinski definition) is 3. The van der Waals surface area contributed by atoms with Gasteiger partial charge in [-0.2, -0.15) is 10.5 Å². The molecule has 1 fully saturated rings. The molecule has 2 unspecified atom stereocenters. The second-order valence-electron chi connectivity index (χ2n) is 4.83. The normalized spacial score (nSPS) is 22.2. The van der Waals surface area contributed by atoms with Gasteiger partial charge < -0.3 is 5.32 Å². The van der Waals surface area contributed by atoms with Crippen molar-refractivity contribution in [1.82, 2.24) is 0 Å². The Morgan fingerprint density at radius 3 is 2.67 bits per heavy atom. The zero-order valence-electron chi connectivity index (χ0n) is 10.6. The van der Waals surface area contributed by atoms with E-state index in [2.05, 4.69) is 18.3 Å². The van der Waals surface area contributed by atoms with Gasteiger partial charge in [0.2, 0.25) is 0 Å². The van der Waals surface area contributed by atoms with Crippen LogP contribution in [0.2, 0.25) is 0 Å². The molecule has 0 amide bonds. The van der Waals surface area contributed by atoms with E-state index in [0.29, 0.717) is 17.2 Å². The number of nitrogens with zero attached hydrogens (tertiary/aromatic N) is 2. The Morgan fingerprint density at radius 2 is 2.00 bits per heavy atom. The number of anilines is 1. The summed E-state index contributed by atoms with van der Waals surface area (Å²) in [6.45, 7) is 2.23. The van der Waals surface area contributed by atoms with Gasteiger partial charge in [0.25, 0.3) is 0 Å².